The van der Waals surface area contributed by atoms with Crippen molar-refractivity contribution < 1.29 is 4.79 Å². The first-order chi connectivity index (χ1) is 9.24. The number of carbonyl (C=O) groups excluding carboxylic acids is 1. The molecule has 1 atom stereocenters. The molecule has 0 aliphatic heterocycles. The van der Waals surface area contributed by atoms with Crippen LogP contribution in [0.25, 0.3) is 0 Å². The lowest BCUT2D eigenvalue weighted by Crippen LogP contribution is -2.29. The van der Waals surface area contributed by atoms with Crippen LogP contribution in [-0.4, -0.2) is 24.4 Å². The molecule has 0 saturated heterocycles. The predicted molar refractivity (Wildman–Crippen MR) is 77.8 cm³/mol. The lowest BCUT2D eigenvalue weighted by atomic mass is 10.1. The van der Waals surface area contributed by atoms with Crippen molar-refractivity contribution in [1.82, 2.24) is 4.90 Å². The minimum atomic E-state index is 0.263. The van der Waals surface area contributed by atoms with Gasteiger partial charge in [0.1, 0.15) is 0 Å². The summed E-state index contributed by atoms with van der Waals surface area (Å²) in [5.74, 6) is 0.263. The molecule has 0 heterocycles. The minimum absolute atomic E-state index is 0.263. The van der Waals surface area contributed by atoms with Gasteiger partial charge in [0, 0.05) is 13.5 Å². The van der Waals surface area contributed by atoms with Crippen molar-refractivity contribution in [3.63, 3.8) is 0 Å². The second-order valence-corrected chi connectivity index (χ2v) is 5.36. The van der Waals surface area contributed by atoms with Gasteiger partial charge in [-0.25, -0.2) is 0 Å². The van der Waals surface area contributed by atoms with Crippen LogP contribution in [0.1, 0.15) is 49.3 Å². The number of amides is 1. The highest BCUT2D eigenvalue weighted by Gasteiger charge is 2.27. The van der Waals surface area contributed by atoms with Gasteiger partial charge in [-0.3, -0.25) is 4.79 Å². The van der Waals surface area contributed by atoms with E-state index in [2.05, 4.69) is 24.3 Å². The van der Waals surface area contributed by atoms with Crippen LogP contribution >= 0.6 is 0 Å². The lowest BCUT2D eigenvalue weighted by Gasteiger charge is -2.25. The Labute approximate surface area is 115 Å². The number of aryl methyl sites for hydroxylation is 1. The van der Waals surface area contributed by atoms with E-state index in [4.69, 9.17) is 5.73 Å². The molecule has 1 aromatic rings. The first-order valence-electron chi connectivity index (χ1n) is 7.27. The molecule has 1 unspecified atom stereocenters. The largest absolute Gasteiger partial charge is 0.339 e. The van der Waals surface area contributed by atoms with E-state index < -0.39 is 0 Å². The smallest absolute Gasteiger partial charge is 0.222 e. The summed E-state index contributed by atoms with van der Waals surface area (Å²) in [7, 11) is 1.94. The van der Waals surface area contributed by atoms with Gasteiger partial charge < -0.3 is 10.6 Å². The van der Waals surface area contributed by atoms with Crippen LogP contribution in [0.2, 0.25) is 0 Å². The van der Waals surface area contributed by atoms with Crippen molar-refractivity contribution in [1.29, 1.82) is 0 Å². The van der Waals surface area contributed by atoms with Gasteiger partial charge in [0.2, 0.25) is 5.91 Å². The van der Waals surface area contributed by atoms with Gasteiger partial charge in [-0.05, 0) is 43.4 Å². The molecule has 1 aliphatic carbocycles. The van der Waals surface area contributed by atoms with Crippen LogP contribution in [0.5, 0.6) is 0 Å². The number of rotatable bonds is 6. The number of nitrogens with two attached hydrogens (primary N) is 1. The van der Waals surface area contributed by atoms with Gasteiger partial charge in [-0.15, -0.1) is 0 Å². The van der Waals surface area contributed by atoms with Crippen molar-refractivity contribution >= 4 is 5.91 Å². The topological polar surface area (TPSA) is 46.3 Å². The average molecular weight is 260 g/mol. The second kappa shape index (κ2) is 6.71. The van der Waals surface area contributed by atoms with Gasteiger partial charge in [0.05, 0.1) is 6.04 Å². The number of hydrogen-bond donors (Lipinski definition) is 1. The summed E-state index contributed by atoms with van der Waals surface area (Å²) in [6.07, 6.45) is 5.82. The zero-order valence-corrected chi connectivity index (χ0v) is 11.8. The van der Waals surface area contributed by atoms with Gasteiger partial charge >= 0.3 is 0 Å². The predicted octanol–water partition coefficient (Wildman–Crippen LogP) is 2.65. The Kier molecular flexibility index (Phi) is 4.97. The lowest BCUT2D eigenvalue weighted by molar-refractivity contribution is -0.132. The number of unbranched alkanes of at least 4 members (excludes halogenated alkanes) is 2. The van der Waals surface area contributed by atoms with Crippen molar-refractivity contribution in [2.24, 2.45) is 5.73 Å². The Bertz CT molecular complexity index is 431. The third kappa shape index (κ3) is 3.35. The van der Waals surface area contributed by atoms with E-state index in [1.165, 1.54) is 11.1 Å². The molecule has 19 heavy (non-hydrogen) atoms. The molecule has 0 bridgehead atoms. The van der Waals surface area contributed by atoms with Crippen LogP contribution in [0.4, 0.5) is 0 Å². The maximum absolute atomic E-state index is 12.2. The Hall–Kier alpha value is -1.35. The molecular weight excluding hydrogens is 236 g/mol. The fraction of sp³-hybridized carbons (Fsp3) is 0.562. The fourth-order valence-electron chi connectivity index (χ4n) is 2.88. The standard InChI is InChI=1S/C16H24N2O/c1-18(16(19)9-3-2-6-12-17)15-11-10-13-7-4-5-8-14(13)15/h4-5,7-8,15H,2-3,6,9-12,17H2,1H3. The maximum Gasteiger partial charge on any atom is 0.222 e. The zero-order chi connectivity index (χ0) is 13.7. The number of fused-ring (bicyclic) bond motifs is 1. The Morgan fingerprint density at radius 2 is 2.11 bits per heavy atom. The van der Waals surface area contributed by atoms with Crippen LogP contribution in [0, 0.1) is 0 Å². The van der Waals surface area contributed by atoms with Gasteiger partial charge in [-0.1, -0.05) is 30.7 Å². The Morgan fingerprint density at radius 3 is 2.89 bits per heavy atom. The van der Waals surface area contributed by atoms with E-state index in [1.807, 2.05) is 11.9 Å². The number of carbonyl (C=O) groups is 1. The fourth-order valence-corrected chi connectivity index (χ4v) is 2.88. The Balaban J connectivity index is 1.90. The van der Waals surface area contributed by atoms with Gasteiger partial charge in [0.25, 0.3) is 0 Å². The molecular formula is C16H24N2O. The van der Waals surface area contributed by atoms with E-state index in [9.17, 15) is 4.79 Å². The first kappa shape index (κ1) is 14.1. The molecule has 0 aromatic heterocycles. The van der Waals surface area contributed by atoms with Crippen molar-refractivity contribution in [3.05, 3.63) is 35.4 Å². The summed E-state index contributed by atoms with van der Waals surface area (Å²) in [5, 5.41) is 0. The highest BCUT2D eigenvalue weighted by atomic mass is 16.2. The SMILES string of the molecule is CN(C(=O)CCCCCN)C1CCc2ccccc21. The highest BCUT2D eigenvalue weighted by Crippen LogP contribution is 2.35. The van der Waals surface area contributed by atoms with Crippen LogP contribution in [0.3, 0.4) is 0 Å². The molecule has 104 valence electrons. The van der Waals surface area contributed by atoms with Crippen LogP contribution < -0.4 is 5.73 Å². The number of hydrogen-bond acceptors (Lipinski definition) is 2. The third-order valence-electron chi connectivity index (χ3n) is 4.06. The molecule has 1 amide bonds. The minimum Gasteiger partial charge on any atom is -0.339 e. The maximum atomic E-state index is 12.2. The highest BCUT2D eigenvalue weighted by molar-refractivity contribution is 5.76. The molecule has 0 radical (unpaired) electrons. The first-order valence-corrected chi connectivity index (χ1v) is 7.27. The summed E-state index contributed by atoms with van der Waals surface area (Å²) in [5.41, 5.74) is 8.19. The summed E-state index contributed by atoms with van der Waals surface area (Å²) >= 11 is 0. The van der Waals surface area contributed by atoms with Gasteiger partial charge in [0.15, 0.2) is 0 Å². The monoisotopic (exact) mass is 260 g/mol. The number of nitrogens with zero attached hydrogens (tertiary/aromatic N) is 1. The van der Waals surface area contributed by atoms with Crippen LogP contribution in [-0.2, 0) is 11.2 Å². The van der Waals surface area contributed by atoms with Crippen molar-refractivity contribution in [3.8, 4) is 0 Å². The summed E-state index contributed by atoms with van der Waals surface area (Å²) < 4.78 is 0. The molecule has 2 N–H and O–H groups in total. The molecule has 0 spiro atoms. The van der Waals surface area contributed by atoms with Crippen molar-refractivity contribution in [2.75, 3.05) is 13.6 Å². The molecule has 2 rings (SSSR count). The third-order valence-corrected chi connectivity index (χ3v) is 4.06. The van der Waals surface area contributed by atoms with Crippen molar-refractivity contribution in [2.45, 2.75) is 44.6 Å². The van der Waals surface area contributed by atoms with Gasteiger partial charge in [-0.2, -0.15) is 0 Å². The summed E-state index contributed by atoms with van der Waals surface area (Å²) in [6, 6.07) is 8.75. The van der Waals surface area contributed by atoms with E-state index in [0.717, 1.165) is 38.6 Å². The normalized spacial score (nSPS) is 17.3. The summed E-state index contributed by atoms with van der Waals surface area (Å²) in [6.45, 7) is 0.722. The number of benzene rings is 1. The molecule has 0 fully saturated rings. The van der Waals surface area contributed by atoms with E-state index in [1.54, 1.807) is 0 Å². The molecule has 3 heteroatoms. The molecule has 1 aliphatic rings. The van der Waals surface area contributed by atoms with E-state index in [-0.39, 0.29) is 11.9 Å². The van der Waals surface area contributed by atoms with Crippen LogP contribution in [0.15, 0.2) is 24.3 Å². The second-order valence-electron chi connectivity index (χ2n) is 5.36. The Morgan fingerprint density at radius 1 is 1.32 bits per heavy atom. The average Bonchev–Trinajstić information content (AvgIpc) is 2.86. The quantitative estimate of drug-likeness (QED) is 0.799. The van der Waals surface area contributed by atoms with E-state index in [0.29, 0.717) is 6.42 Å². The molecule has 3 nitrogen and oxygen atoms in total. The summed E-state index contributed by atoms with van der Waals surface area (Å²) in [4.78, 5) is 14.1. The molecule has 0 saturated carbocycles. The zero-order valence-electron chi connectivity index (χ0n) is 11.8. The van der Waals surface area contributed by atoms with E-state index >= 15 is 0 Å². The molecule has 1 aromatic carbocycles.